The molecule has 192 valence electrons. The highest BCUT2D eigenvalue weighted by atomic mass is 32.1. The minimum atomic E-state index is -1.02. The van der Waals surface area contributed by atoms with E-state index in [9.17, 15) is 24.0 Å². The van der Waals surface area contributed by atoms with E-state index in [2.05, 4.69) is 31.4 Å². The first-order valence-electron chi connectivity index (χ1n) is 11.8. The molecule has 0 aromatic carbocycles. The first-order chi connectivity index (χ1) is 16.3. The predicted octanol–water partition coefficient (Wildman–Crippen LogP) is 3.49. The molecular formula is C24H33N3O7S. The molecule has 1 aromatic heterocycles. The average Bonchev–Trinajstić information content (AvgIpc) is 3.15. The Labute approximate surface area is 208 Å². The van der Waals surface area contributed by atoms with E-state index in [-0.39, 0.29) is 40.0 Å². The van der Waals surface area contributed by atoms with Gasteiger partial charge >= 0.3 is 18.0 Å². The number of nitrogens with zero attached hydrogens (tertiary/aromatic N) is 1. The second kappa shape index (κ2) is 9.96. The molecule has 10 nitrogen and oxygen atoms in total. The Bertz CT molecular complexity index is 1060. The summed E-state index contributed by atoms with van der Waals surface area (Å²) in [4.78, 5) is 64.9. The number of anilines is 1. The number of esters is 2. The SMILES string of the molecule is CCOC(=O)c1sc(NC(=O)CN2C(=O)N[C@@]3(C[C@@H](C)CC(C)(C)C3)C2=O)c(C(=O)OCC)c1C. The van der Waals surface area contributed by atoms with Crippen LogP contribution in [-0.4, -0.2) is 60.0 Å². The van der Waals surface area contributed by atoms with Crippen LogP contribution in [0.25, 0.3) is 0 Å². The molecule has 11 heteroatoms. The van der Waals surface area contributed by atoms with Crippen molar-refractivity contribution in [2.24, 2.45) is 11.3 Å². The maximum Gasteiger partial charge on any atom is 0.348 e. The van der Waals surface area contributed by atoms with Gasteiger partial charge in [0.25, 0.3) is 5.91 Å². The third-order valence-corrected chi connectivity index (χ3v) is 7.45. The van der Waals surface area contributed by atoms with Crippen LogP contribution in [0.15, 0.2) is 0 Å². The summed E-state index contributed by atoms with van der Waals surface area (Å²) in [5.74, 6) is -2.17. The van der Waals surface area contributed by atoms with Crippen LogP contribution < -0.4 is 10.6 Å². The highest BCUT2D eigenvalue weighted by molar-refractivity contribution is 7.18. The van der Waals surface area contributed by atoms with Gasteiger partial charge in [0, 0.05) is 0 Å². The zero-order valence-corrected chi connectivity index (χ0v) is 21.8. The lowest BCUT2D eigenvalue weighted by Gasteiger charge is -2.43. The molecule has 1 aliphatic heterocycles. The number of urea groups is 1. The Hall–Kier alpha value is -2.95. The molecule has 2 heterocycles. The Morgan fingerprint density at radius 1 is 1.11 bits per heavy atom. The third-order valence-electron chi connectivity index (χ3n) is 6.27. The summed E-state index contributed by atoms with van der Waals surface area (Å²) >= 11 is 0.886. The topological polar surface area (TPSA) is 131 Å². The van der Waals surface area contributed by atoms with Crippen LogP contribution in [0.4, 0.5) is 9.80 Å². The van der Waals surface area contributed by atoms with E-state index in [0.29, 0.717) is 18.4 Å². The van der Waals surface area contributed by atoms with Gasteiger partial charge in [-0.3, -0.25) is 14.5 Å². The molecule has 0 radical (unpaired) electrons. The monoisotopic (exact) mass is 507 g/mol. The maximum atomic E-state index is 13.3. The molecular weight excluding hydrogens is 474 g/mol. The van der Waals surface area contributed by atoms with Crippen molar-refractivity contribution in [2.45, 2.75) is 66.3 Å². The van der Waals surface area contributed by atoms with Crippen LogP contribution in [0.5, 0.6) is 0 Å². The first kappa shape index (κ1) is 26.7. The third kappa shape index (κ3) is 5.34. The van der Waals surface area contributed by atoms with Gasteiger partial charge in [-0.25, -0.2) is 14.4 Å². The fourth-order valence-electron chi connectivity index (χ4n) is 5.40. The van der Waals surface area contributed by atoms with Crippen LogP contribution in [-0.2, 0) is 19.1 Å². The Morgan fingerprint density at radius 3 is 2.34 bits per heavy atom. The molecule has 2 N–H and O–H groups in total. The van der Waals surface area contributed by atoms with E-state index in [1.807, 2.05) is 0 Å². The summed E-state index contributed by atoms with van der Waals surface area (Å²) in [6, 6.07) is -0.616. The zero-order valence-electron chi connectivity index (χ0n) is 21.0. The second-order valence-corrected chi connectivity index (χ2v) is 11.0. The lowest BCUT2D eigenvalue weighted by atomic mass is 9.64. The number of nitrogens with one attached hydrogen (secondary N) is 2. The van der Waals surface area contributed by atoms with Gasteiger partial charge in [-0.1, -0.05) is 20.8 Å². The van der Waals surface area contributed by atoms with Gasteiger partial charge in [-0.2, -0.15) is 0 Å². The largest absolute Gasteiger partial charge is 0.462 e. The van der Waals surface area contributed by atoms with Crippen LogP contribution in [0.3, 0.4) is 0 Å². The minimum absolute atomic E-state index is 0.0461. The van der Waals surface area contributed by atoms with E-state index < -0.39 is 41.9 Å². The van der Waals surface area contributed by atoms with Crippen molar-refractivity contribution in [1.29, 1.82) is 0 Å². The second-order valence-electron chi connectivity index (χ2n) is 10.0. The van der Waals surface area contributed by atoms with E-state index in [1.54, 1.807) is 20.8 Å². The molecule has 1 aliphatic carbocycles. The summed E-state index contributed by atoms with van der Waals surface area (Å²) in [6.45, 7) is 10.8. The van der Waals surface area contributed by atoms with Gasteiger partial charge in [0.05, 0.1) is 18.8 Å². The van der Waals surface area contributed by atoms with Crippen LogP contribution in [0.1, 0.15) is 79.5 Å². The lowest BCUT2D eigenvalue weighted by molar-refractivity contribution is -0.136. The number of hydrogen-bond donors (Lipinski definition) is 2. The van der Waals surface area contributed by atoms with Crippen molar-refractivity contribution in [1.82, 2.24) is 10.2 Å². The van der Waals surface area contributed by atoms with Crippen molar-refractivity contribution in [3.05, 3.63) is 16.0 Å². The number of rotatable bonds is 7. The first-order valence-corrected chi connectivity index (χ1v) is 12.6. The fraction of sp³-hybridized carbons (Fsp3) is 0.625. The number of amides is 4. The maximum absolute atomic E-state index is 13.3. The summed E-state index contributed by atoms with van der Waals surface area (Å²) in [5.41, 5.74) is -0.782. The van der Waals surface area contributed by atoms with Crippen LogP contribution in [0.2, 0.25) is 0 Å². The predicted molar refractivity (Wildman–Crippen MR) is 129 cm³/mol. The summed E-state index contributed by atoms with van der Waals surface area (Å²) < 4.78 is 10.1. The number of carbonyl (C=O) groups is 5. The molecule has 1 spiro atoms. The van der Waals surface area contributed by atoms with Crippen LogP contribution in [0, 0.1) is 18.3 Å². The van der Waals surface area contributed by atoms with Gasteiger partial charge in [-0.15, -0.1) is 11.3 Å². The van der Waals surface area contributed by atoms with E-state index >= 15 is 0 Å². The normalized spacial score (nSPS) is 23.3. The molecule has 2 fully saturated rings. The lowest BCUT2D eigenvalue weighted by Crippen LogP contribution is -2.54. The molecule has 1 aromatic rings. The molecule has 2 aliphatic rings. The van der Waals surface area contributed by atoms with Crippen LogP contribution >= 0.6 is 11.3 Å². The van der Waals surface area contributed by atoms with Crippen molar-refractivity contribution >= 4 is 46.1 Å². The summed E-state index contributed by atoms with van der Waals surface area (Å²) in [5, 5.41) is 5.53. The quantitative estimate of drug-likeness (QED) is 0.427. The molecule has 1 saturated heterocycles. The van der Waals surface area contributed by atoms with E-state index in [0.717, 1.165) is 22.7 Å². The summed E-state index contributed by atoms with van der Waals surface area (Å²) in [7, 11) is 0. The standard InChI is InChI=1S/C24H33N3O7S/c1-7-33-19(29)16-14(4)17(20(30)34-8-2)35-18(16)25-15(28)11-27-21(31)24(26-22(27)32)10-13(3)9-23(5,6)12-24/h13H,7-12H2,1-6H3,(H,25,28)(H,26,32)/t13-,24+/m0/s1. The van der Waals surface area contributed by atoms with Gasteiger partial charge in [0.15, 0.2) is 0 Å². The smallest absolute Gasteiger partial charge is 0.348 e. The zero-order chi connectivity index (χ0) is 26.1. The number of thiophene rings is 1. The van der Waals surface area contributed by atoms with E-state index in [1.165, 1.54) is 0 Å². The number of imide groups is 1. The molecule has 4 amide bonds. The molecule has 2 atom stereocenters. The minimum Gasteiger partial charge on any atom is -0.462 e. The molecule has 0 unspecified atom stereocenters. The summed E-state index contributed by atoms with van der Waals surface area (Å²) in [6.07, 6.45) is 1.95. The highest BCUT2D eigenvalue weighted by Gasteiger charge is 2.56. The van der Waals surface area contributed by atoms with Crippen molar-refractivity contribution < 1.29 is 33.4 Å². The molecule has 1 saturated carbocycles. The molecule has 0 bridgehead atoms. The van der Waals surface area contributed by atoms with Gasteiger partial charge < -0.3 is 20.1 Å². The van der Waals surface area contributed by atoms with E-state index in [4.69, 9.17) is 9.47 Å². The van der Waals surface area contributed by atoms with Gasteiger partial charge in [0.1, 0.15) is 22.0 Å². The molecule has 3 rings (SSSR count). The Morgan fingerprint density at radius 2 is 1.74 bits per heavy atom. The van der Waals surface area contributed by atoms with Gasteiger partial charge in [-0.05, 0) is 56.9 Å². The number of hydrogen-bond acceptors (Lipinski definition) is 8. The number of carbonyl (C=O) groups excluding carboxylic acids is 5. The van der Waals surface area contributed by atoms with Crippen molar-refractivity contribution in [3.63, 3.8) is 0 Å². The highest BCUT2D eigenvalue weighted by Crippen LogP contribution is 2.46. The average molecular weight is 508 g/mol. The Kier molecular flexibility index (Phi) is 7.59. The van der Waals surface area contributed by atoms with Gasteiger partial charge in [0.2, 0.25) is 5.91 Å². The number of ether oxygens (including phenoxy) is 2. The molecule has 35 heavy (non-hydrogen) atoms. The fourth-order valence-corrected chi connectivity index (χ4v) is 6.51. The van der Waals surface area contributed by atoms with Crippen molar-refractivity contribution in [2.75, 3.05) is 25.1 Å². The van der Waals surface area contributed by atoms with Crippen molar-refractivity contribution in [3.8, 4) is 0 Å². The Balaban J connectivity index is 1.82.